The van der Waals surface area contributed by atoms with Crippen molar-refractivity contribution in [1.82, 2.24) is 19.8 Å². The minimum Gasteiger partial charge on any atom is -0.360 e. The monoisotopic (exact) mass is 382 g/mol. The molecular weight excluding hydrogens is 364 g/mol. The summed E-state index contributed by atoms with van der Waals surface area (Å²) in [6.45, 7) is 7.05. The summed E-state index contributed by atoms with van der Waals surface area (Å²) in [4.78, 5) is 21.1. The van der Waals surface area contributed by atoms with Crippen LogP contribution in [0.2, 0.25) is 0 Å². The Balaban J connectivity index is 1.78. The molecule has 3 aromatic heterocycles. The molecule has 0 aliphatic rings. The Labute approximate surface area is 148 Å². The van der Waals surface area contributed by atoms with E-state index >= 15 is 0 Å². The molecule has 134 valence electrons. The topological polar surface area (TPSA) is 118 Å². The lowest BCUT2D eigenvalue weighted by Crippen LogP contribution is -2.27. The van der Waals surface area contributed by atoms with Gasteiger partial charge in [-0.1, -0.05) is 5.16 Å². The first kappa shape index (κ1) is 17.8. The molecule has 0 aromatic carbocycles. The highest BCUT2D eigenvalue weighted by Gasteiger charge is 2.23. The van der Waals surface area contributed by atoms with Gasteiger partial charge in [-0.2, -0.15) is 0 Å². The molecule has 2 N–H and O–H groups in total. The molecule has 0 bridgehead atoms. The van der Waals surface area contributed by atoms with E-state index in [0.717, 1.165) is 10.4 Å². The fourth-order valence-corrected chi connectivity index (χ4v) is 5.06. The maximum atomic E-state index is 12.4. The minimum absolute atomic E-state index is 0.0499. The van der Waals surface area contributed by atoms with E-state index in [0.29, 0.717) is 21.7 Å². The molecule has 25 heavy (non-hydrogen) atoms. The van der Waals surface area contributed by atoms with Crippen LogP contribution in [0.3, 0.4) is 0 Å². The van der Waals surface area contributed by atoms with Crippen molar-refractivity contribution in [3.8, 4) is 0 Å². The van der Waals surface area contributed by atoms with E-state index in [1.807, 2.05) is 13.8 Å². The highest BCUT2D eigenvalue weighted by Crippen LogP contribution is 2.25. The van der Waals surface area contributed by atoms with Crippen LogP contribution in [-0.4, -0.2) is 30.1 Å². The van der Waals surface area contributed by atoms with Crippen molar-refractivity contribution in [1.29, 1.82) is 0 Å². The number of aromatic nitrogens is 3. The summed E-state index contributed by atoms with van der Waals surface area (Å²) >= 11 is 1.46. The number of rotatable bonds is 5. The number of hydrogen-bond acceptors (Lipinski definition) is 7. The van der Waals surface area contributed by atoms with E-state index in [4.69, 9.17) is 4.52 Å². The first-order valence-corrected chi connectivity index (χ1v) is 9.92. The van der Waals surface area contributed by atoms with Crippen molar-refractivity contribution in [3.05, 3.63) is 38.1 Å². The van der Waals surface area contributed by atoms with Crippen molar-refractivity contribution in [2.75, 3.05) is 6.54 Å². The van der Waals surface area contributed by atoms with Crippen LogP contribution >= 0.6 is 11.3 Å². The zero-order valence-electron chi connectivity index (χ0n) is 14.3. The molecule has 0 amide bonds. The molecule has 0 saturated heterocycles. The number of fused-ring (bicyclic) bond motifs is 1. The van der Waals surface area contributed by atoms with Crippen LogP contribution in [0.15, 0.2) is 14.2 Å². The van der Waals surface area contributed by atoms with Gasteiger partial charge in [0.2, 0.25) is 10.0 Å². The molecule has 0 fully saturated rings. The molecule has 3 heterocycles. The molecule has 0 saturated carbocycles. The zero-order valence-corrected chi connectivity index (χ0v) is 15.9. The van der Waals surface area contributed by atoms with Gasteiger partial charge in [-0.05, 0) is 33.3 Å². The molecule has 0 aliphatic heterocycles. The third-order valence-electron chi connectivity index (χ3n) is 3.98. The fourth-order valence-electron chi connectivity index (χ4n) is 2.65. The van der Waals surface area contributed by atoms with Gasteiger partial charge in [0.1, 0.15) is 21.2 Å². The maximum Gasteiger partial charge on any atom is 0.259 e. The summed E-state index contributed by atoms with van der Waals surface area (Å²) in [5, 5.41) is 4.25. The number of H-pyrrole nitrogens is 1. The average Bonchev–Trinajstić information content (AvgIpc) is 2.99. The van der Waals surface area contributed by atoms with Gasteiger partial charge in [0, 0.05) is 17.8 Å². The van der Waals surface area contributed by atoms with Crippen LogP contribution in [0, 0.1) is 27.7 Å². The second kappa shape index (κ2) is 6.36. The van der Waals surface area contributed by atoms with E-state index in [1.165, 1.54) is 11.3 Å². The summed E-state index contributed by atoms with van der Waals surface area (Å²) in [6.07, 6.45) is 0.268. The maximum absolute atomic E-state index is 12.4. The van der Waals surface area contributed by atoms with Gasteiger partial charge in [-0.15, -0.1) is 11.3 Å². The van der Waals surface area contributed by atoms with Crippen LogP contribution in [0.4, 0.5) is 0 Å². The Morgan fingerprint density at radius 2 is 1.96 bits per heavy atom. The molecule has 3 rings (SSSR count). The second-order valence-electron chi connectivity index (χ2n) is 5.78. The molecular formula is C15H18N4O4S2. The number of thiophene rings is 1. The van der Waals surface area contributed by atoms with Crippen molar-refractivity contribution < 1.29 is 12.9 Å². The van der Waals surface area contributed by atoms with Gasteiger partial charge in [-0.3, -0.25) is 4.79 Å². The summed E-state index contributed by atoms with van der Waals surface area (Å²) < 4.78 is 32.1. The summed E-state index contributed by atoms with van der Waals surface area (Å²) in [6, 6.07) is 0. The first-order chi connectivity index (χ1) is 11.7. The first-order valence-electron chi connectivity index (χ1n) is 7.62. The fraction of sp³-hybridized carbons (Fsp3) is 0.400. The number of aryl methyl sites for hydroxylation is 4. The predicted octanol–water partition coefficient (Wildman–Crippen LogP) is 1.73. The lowest BCUT2D eigenvalue weighted by molar-refractivity contribution is 0.390. The molecule has 0 atom stereocenters. The number of nitrogens with zero attached hydrogens (tertiary/aromatic N) is 2. The molecule has 3 aromatic rings. The third kappa shape index (κ3) is 3.24. The largest absolute Gasteiger partial charge is 0.360 e. The average molecular weight is 382 g/mol. The lowest BCUT2D eigenvalue weighted by atomic mass is 10.2. The van der Waals surface area contributed by atoms with Crippen molar-refractivity contribution in [2.45, 2.75) is 39.0 Å². The second-order valence-corrected chi connectivity index (χ2v) is 8.68. The highest BCUT2D eigenvalue weighted by atomic mass is 32.2. The SMILES string of the molecule is Cc1noc(C)c1S(=O)(=O)NCCc1nc2sc(C)c(C)c2c(=O)[nH]1. The number of sulfonamides is 1. The van der Waals surface area contributed by atoms with Crippen molar-refractivity contribution in [2.24, 2.45) is 0 Å². The van der Waals surface area contributed by atoms with E-state index in [9.17, 15) is 13.2 Å². The van der Waals surface area contributed by atoms with E-state index in [2.05, 4.69) is 19.8 Å². The van der Waals surface area contributed by atoms with Crippen molar-refractivity contribution in [3.63, 3.8) is 0 Å². The van der Waals surface area contributed by atoms with Crippen molar-refractivity contribution >= 4 is 31.6 Å². The molecule has 0 unspecified atom stereocenters. The smallest absolute Gasteiger partial charge is 0.259 e. The standard InChI is InChI=1S/C15H18N4O4S2/c1-7-10(4)24-15-12(7)14(20)17-11(18-15)5-6-16-25(21,22)13-8(2)19-23-9(13)3/h16H,5-6H2,1-4H3,(H,17,18,20). The Morgan fingerprint density at radius 1 is 1.24 bits per heavy atom. The lowest BCUT2D eigenvalue weighted by Gasteiger charge is -2.06. The normalized spacial score (nSPS) is 12.2. The van der Waals surface area contributed by atoms with Gasteiger partial charge in [0.25, 0.3) is 5.56 Å². The number of aromatic amines is 1. The Hall–Kier alpha value is -2.04. The number of hydrogen-bond donors (Lipinski definition) is 2. The zero-order chi connectivity index (χ0) is 18.4. The molecule has 0 spiro atoms. The minimum atomic E-state index is -3.73. The van der Waals surface area contributed by atoms with Crippen LogP contribution in [0.1, 0.15) is 27.7 Å². The van der Waals surface area contributed by atoms with Gasteiger partial charge >= 0.3 is 0 Å². The molecule has 0 aliphatic carbocycles. The summed E-state index contributed by atoms with van der Waals surface area (Å²) in [5.41, 5.74) is 1.04. The van der Waals surface area contributed by atoms with Crippen LogP contribution in [0.25, 0.3) is 10.2 Å². The van der Waals surface area contributed by atoms with Gasteiger partial charge in [0.15, 0.2) is 5.76 Å². The van der Waals surface area contributed by atoms with Gasteiger partial charge in [-0.25, -0.2) is 18.1 Å². The molecule has 10 heteroatoms. The van der Waals surface area contributed by atoms with E-state index in [1.54, 1.807) is 13.8 Å². The van der Waals surface area contributed by atoms with Crippen LogP contribution < -0.4 is 10.3 Å². The Morgan fingerprint density at radius 3 is 2.60 bits per heavy atom. The van der Waals surface area contributed by atoms with E-state index in [-0.39, 0.29) is 29.2 Å². The van der Waals surface area contributed by atoms with Crippen LogP contribution in [-0.2, 0) is 16.4 Å². The van der Waals surface area contributed by atoms with Gasteiger partial charge in [0.05, 0.1) is 5.39 Å². The molecule has 8 nitrogen and oxygen atoms in total. The molecule has 0 radical (unpaired) electrons. The Kier molecular flexibility index (Phi) is 4.52. The van der Waals surface area contributed by atoms with E-state index < -0.39 is 10.0 Å². The third-order valence-corrected chi connectivity index (χ3v) is 6.78. The quantitative estimate of drug-likeness (QED) is 0.694. The van der Waals surface area contributed by atoms with Gasteiger partial charge < -0.3 is 9.51 Å². The Bertz CT molecular complexity index is 1090. The van der Waals surface area contributed by atoms with Crippen LogP contribution in [0.5, 0.6) is 0 Å². The summed E-state index contributed by atoms with van der Waals surface area (Å²) in [5.74, 6) is 0.683. The highest BCUT2D eigenvalue weighted by molar-refractivity contribution is 7.89. The summed E-state index contributed by atoms with van der Waals surface area (Å²) in [7, 11) is -3.73. The number of nitrogens with one attached hydrogen (secondary N) is 2. The predicted molar refractivity (Wildman–Crippen MR) is 94.6 cm³/mol.